The van der Waals surface area contributed by atoms with Gasteiger partial charge in [-0.05, 0) is 25.2 Å². The number of aliphatic hydroxyl groups excluding tert-OH is 3. The van der Waals surface area contributed by atoms with Crippen LogP contribution in [0, 0.1) is 11.8 Å². The van der Waals surface area contributed by atoms with Crippen molar-refractivity contribution in [2.24, 2.45) is 11.8 Å². The number of hydrogen-bond acceptors (Lipinski definition) is 4. The highest BCUT2D eigenvalue weighted by atomic mass is 16.4. The van der Waals surface area contributed by atoms with Gasteiger partial charge in [-0.15, -0.1) is 0 Å². The van der Waals surface area contributed by atoms with Crippen molar-refractivity contribution in [3.05, 3.63) is 12.2 Å². The molecule has 1 saturated carbocycles. The number of carbonyl (C=O) groups is 1. The van der Waals surface area contributed by atoms with Crippen molar-refractivity contribution >= 4 is 5.97 Å². The number of unbranched alkanes of at least 4 members (excludes halogenated alkanes) is 3. The molecule has 1 aliphatic carbocycles. The molecule has 1 rings (SSSR count). The smallest absolute Gasteiger partial charge is 0.303 e. The molecule has 5 atom stereocenters. The summed E-state index contributed by atoms with van der Waals surface area (Å²) in [6.07, 6.45) is 8.37. The number of aliphatic hydroxyl groups is 3. The number of hydrogen-bond donors (Lipinski definition) is 4. The van der Waals surface area contributed by atoms with E-state index in [-0.39, 0.29) is 18.3 Å². The van der Waals surface area contributed by atoms with Crippen LogP contribution in [0.3, 0.4) is 0 Å². The molecular formula is C18H32O5. The standard InChI is InChI=1S/C18H32O5/c1-2-3-4-7-13(19)10-11-15-14(16(20)12-17(15)21)8-5-6-9-18(22)23/h10-11,13-17,19-21H,2-9,12H2,1H3,(H,22,23)/b11-10+/t13-,14+,15-,16-,17+/m0/s1. The molecule has 5 nitrogen and oxygen atoms in total. The lowest BCUT2D eigenvalue weighted by molar-refractivity contribution is -0.137. The Bertz CT molecular complexity index is 368. The van der Waals surface area contributed by atoms with Crippen LogP contribution < -0.4 is 0 Å². The Morgan fingerprint density at radius 2 is 1.91 bits per heavy atom. The highest BCUT2D eigenvalue weighted by Gasteiger charge is 2.39. The molecule has 0 aromatic heterocycles. The van der Waals surface area contributed by atoms with Crippen molar-refractivity contribution in [1.29, 1.82) is 0 Å². The number of carboxylic acids is 1. The summed E-state index contributed by atoms with van der Waals surface area (Å²) in [6.45, 7) is 2.12. The van der Waals surface area contributed by atoms with Crippen molar-refractivity contribution in [3.63, 3.8) is 0 Å². The van der Waals surface area contributed by atoms with Crippen molar-refractivity contribution in [1.82, 2.24) is 0 Å². The van der Waals surface area contributed by atoms with Crippen LogP contribution in [0.5, 0.6) is 0 Å². The zero-order valence-corrected chi connectivity index (χ0v) is 14.1. The lowest BCUT2D eigenvalue weighted by Gasteiger charge is -2.21. The second-order valence-electron chi connectivity index (χ2n) is 6.70. The maximum Gasteiger partial charge on any atom is 0.303 e. The molecule has 0 spiro atoms. The maximum absolute atomic E-state index is 10.5. The molecule has 0 amide bonds. The van der Waals surface area contributed by atoms with E-state index in [0.29, 0.717) is 19.3 Å². The van der Waals surface area contributed by atoms with Gasteiger partial charge < -0.3 is 20.4 Å². The molecule has 0 bridgehead atoms. The molecule has 134 valence electrons. The van der Waals surface area contributed by atoms with Crippen LogP contribution in [0.4, 0.5) is 0 Å². The molecule has 0 saturated heterocycles. The normalized spacial score (nSPS) is 29.2. The van der Waals surface area contributed by atoms with Crippen LogP contribution in [-0.2, 0) is 4.79 Å². The molecule has 0 radical (unpaired) electrons. The average Bonchev–Trinajstić information content (AvgIpc) is 2.75. The van der Waals surface area contributed by atoms with Crippen molar-refractivity contribution in [2.75, 3.05) is 0 Å². The summed E-state index contributed by atoms with van der Waals surface area (Å²) < 4.78 is 0. The fraction of sp³-hybridized carbons (Fsp3) is 0.833. The maximum atomic E-state index is 10.5. The molecule has 0 aromatic carbocycles. The Hall–Kier alpha value is -0.910. The van der Waals surface area contributed by atoms with Crippen molar-refractivity contribution in [2.45, 2.75) is 83.0 Å². The monoisotopic (exact) mass is 328 g/mol. The van der Waals surface area contributed by atoms with Gasteiger partial charge in [-0.25, -0.2) is 0 Å². The van der Waals surface area contributed by atoms with Gasteiger partial charge in [0.2, 0.25) is 0 Å². The summed E-state index contributed by atoms with van der Waals surface area (Å²) in [5.41, 5.74) is 0. The Labute approximate surface area is 139 Å². The quantitative estimate of drug-likeness (QED) is 0.345. The van der Waals surface area contributed by atoms with Gasteiger partial charge in [-0.1, -0.05) is 44.8 Å². The molecule has 4 N–H and O–H groups in total. The van der Waals surface area contributed by atoms with Crippen LogP contribution in [0.25, 0.3) is 0 Å². The average molecular weight is 328 g/mol. The lowest BCUT2D eigenvalue weighted by atomic mass is 9.88. The van der Waals surface area contributed by atoms with Gasteiger partial charge in [0.15, 0.2) is 0 Å². The van der Waals surface area contributed by atoms with E-state index in [9.17, 15) is 20.1 Å². The summed E-state index contributed by atoms with van der Waals surface area (Å²) in [4.78, 5) is 10.5. The van der Waals surface area contributed by atoms with E-state index < -0.39 is 24.3 Å². The van der Waals surface area contributed by atoms with Crippen molar-refractivity contribution < 1.29 is 25.2 Å². The Kier molecular flexibility index (Phi) is 9.44. The van der Waals surface area contributed by atoms with E-state index in [1.807, 2.05) is 6.08 Å². The third-order valence-electron chi connectivity index (χ3n) is 4.75. The number of carboxylic acid groups (broad SMARTS) is 1. The van der Waals surface area contributed by atoms with Gasteiger partial charge in [0, 0.05) is 18.8 Å². The van der Waals surface area contributed by atoms with Gasteiger partial charge >= 0.3 is 5.97 Å². The summed E-state index contributed by atoms with van der Waals surface area (Å²) in [5.74, 6) is -1.02. The molecule has 1 aliphatic rings. The van der Waals surface area contributed by atoms with E-state index in [1.54, 1.807) is 6.08 Å². The molecule has 0 aliphatic heterocycles. The molecular weight excluding hydrogens is 296 g/mol. The first-order valence-electron chi connectivity index (χ1n) is 8.90. The largest absolute Gasteiger partial charge is 0.481 e. The minimum absolute atomic E-state index is 0.0575. The molecule has 0 aromatic rings. The highest BCUT2D eigenvalue weighted by molar-refractivity contribution is 5.66. The lowest BCUT2D eigenvalue weighted by Crippen LogP contribution is -2.21. The minimum atomic E-state index is -0.802. The second-order valence-corrected chi connectivity index (χ2v) is 6.70. The number of aliphatic carboxylic acids is 1. The van der Waals surface area contributed by atoms with Gasteiger partial charge in [0.1, 0.15) is 0 Å². The second kappa shape index (κ2) is 10.8. The first-order chi connectivity index (χ1) is 11.0. The zero-order chi connectivity index (χ0) is 17.2. The summed E-state index contributed by atoms with van der Waals surface area (Å²) in [7, 11) is 0. The van der Waals surface area contributed by atoms with Crippen LogP contribution in [0.1, 0.15) is 64.7 Å². The number of rotatable bonds is 11. The predicted molar refractivity (Wildman–Crippen MR) is 89.0 cm³/mol. The van der Waals surface area contributed by atoms with E-state index in [1.165, 1.54) is 0 Å². The third-order valence-corrected chi connectivity index (χ3v) is 4.75. The van der Waals surface area contributed by atoms with E-state index in [4.69, 9.17) is 5.11 Å². The van der Waals surface area contributed by atoms with Gasteiger partial charge in [0.05, 0.1) is 18.3 Å². The predicted octanol–water partition coefficient (Wildman–Crippen LogP) is 2.49. The Balaban J connectivity index is 2.46. The van der Waals surface area contributed by atoms with E-state index in [0.717, 1.165) is 32.1 Å². The van der Waals surface area contributed by atoms with Gasteiger partial charge in [0.25, 0.3) is 0 Å². The third kappa shape index (κ3) is 7.46. The van der Waals surface area contributed by atoms with E-state index in [2.05, 4.69) is 6.92 Å². The van der Waals surface area contributed by atoms with Crippen LogP contribution in [0.15, 0.2) is 12.2 Å². The molecule has 0 heterocycles. The first-order valence-corrected chi connectivity index (χ1v) is 8.90. The van der Waals surface area contributed by atoms with Crippen LogP contribution in [-0.4, -0.2) is 44.7 Å². The van der Waals surface area contributed by atoms with Crippen molar-refractivity contribution in [3.8, 4) is 0 Å². The SMILES string of the molecule is CCCCC[C@H](O)/C=C/[C@H]1[C@@H](CCCCC(=O)O)[C@@H](O)C[C@H]1O. The molecule has 5 heteroatoms. The fourth-order valence-electron chi connectivity index (χ4n) is 3.39. The summed E-state index contributed by atoms with van der Waals surface area (Å²) in [6, 6.07) is 0. The zero-order valence-electron chi connectivity index (χ0n) is 14.1. The first kappa shape index (κ1) is 20.1. The van der Waals surface area contributed by atoms with Crippen LogP contribution >= 0.6 is 0 Å². The molecule has 23 heavy (non-hydrogen) atoms. The molecule has 1 fully saturated rings. The Morgan fingerprint density at radius 1 is 1.17 bits per heavy atom. The summed E-state index contributed by atoms with van der Waals surface area (Å²) in [5, 5.41) is 38.8. The molecule has 0 unspecified atom stereocenters. The summed E-state index contributed by atoms with van der Waals surface area (Å²) >= 11 is 0. The fourth-order valence-corrected chi connectivity index (χ4v) is 3.39. The van der Waals surface area contributed by atoms with Gasteiger partial charge in [-0.3, -0.25) is 4.79 Å². The highest BCUT2D eigenvalue weighted by Crippen LogP contribution is 2.37. The topological polar surface area (TPSA) is 98.0 Å². The van der Waals surface area contributed by atoms with E-state index >= 15 is 0 Å². The Morgan fingerprint density at radius 3 is 2.57 bits per heavy atom. The van der Waals surface area contributed by atoms with Gasteiger partial charge in [-0.2, -0.15) is 0 Å². The van der Waals surface area contributed by atoms with Crippen LogP contribution in [0.2, 0.25) is 0 Å². The minimum Gasteiger partial charge on any atom is -0.481 e.